The van der Waals surface area contributed by atoms with Gasteiger partial charge in [0.05, 0.1) is 7.11 Å². The number of esters is 1. The zero-order valence-electron chi connectivity index (χ0n) is 13.6. The highest BCUT2D eigenvalue weighted by molar-refractivity contribution is 9.10. The van der Waals surface area contributed by atoms with Gasteiger partial charge in [0.15, 0.2) is 0 Å². The van der Waals surface area contributed by atoms with Gasteiger partial charge < -0.3 is 9.64 Å². The van der Waals surface area contributed by atoms with Gasteiger partial charge in [-0.05, 0) is 43.4 Å². The molecule has 1 aromatic carbocycles. The van der Waals surface area contributed by atoms with E-state index in [1.807, 2.05) is 24.3 Å². The summed E-state index contributed by atoms with van der Waals surface area (Å²) in [4.78, 5) is 26.5. The van der Waals surface area contributed by atoms with Crippen molar-refractivity contribution in [1.82, 2.24) is 15.8 Å². The summed E-state index contributed by atoms with van der Waals surface area (Å²) in [6, 6.07) is 7.35. The predicted octanol–water partition coefficient (Wildman–Crippen LogP) is 1.91. The van der Waals surface area contributed by atoms with Crippen LogP contribution in [0.15, 0.2) is 28.7 Å². The van der Waals surface area contributed by atoms with Gasteiger partial charge in [-0.1, -0.05) is 28.1 Å². The van der Waals surface area contributed by atoms with Crippen LogP contribution < -0.4 is 10.9 Å². The van der Waals surface area contributed by atoms with Crippen LogP contribution in [0, 0.1) is 0 Å². The molecule has 0 spiro atoms. The van der Waals surface area contributed by atoms with Gasteiger partial charge in [0.1, 0.15) is 12.1 Å². The molecule has 3 unspecified atom stereocenters. The number of hydrogen-bond donors (Lipinski definition) is 2. The normalized spacial score (nSPS) is 27.1. The molecule has 1 aromatic rings. The lowest BCUT2D eigenvalue weighted by Crippen LogP contribution is -2.54. The molecule has 6 nitrogen and oxygen atoms in total. The highest BCUT2D eigenvalue weighted by Crippen LogP contribution is 2.26. The average molecular weight is 396 g/mol. The quantitative estimate of drug-likeness (QED) is 0.764. The molecule has 0 bridgehead atoms. The Bertz CT molecular complexity index is 608. The molecule has 0 aromatic heterocycles. The molecule has 3 rings (SSSR count). The molecule has 130 valence electrons. The van der Waals surface area contributed by atoms with Crippen molar-refractivity contribution in [3.05, 3.63) is 34.3 Å². The van der Waals surface area contributed by atoms with Crippen LogP contribution in [0.2, 0.25) is 0 Å². The number of likely N-dealkylation sites (tertiary alicyclic amines) is 1. The summed E-state index contributed by atoms with van der Waals surface area (Å²) in [5.41, 5.74) is 7.41. The van der Waals surface area contributed by atoms with Crippen molar-refractivity contribution in [1.29, 1.82) is 0 Å². The van der Waals surface area contributed by atoms with E-state index in [1.165, 1.54) is 7.11 Å². The van der Waals surface area contributed by atoms with Crippen LogP contribution in [-0.2, 0) is 14.3 Å². The van der Waals surface area contributed by atoms with E-state index in [0.717, 1.165) is 22.9 Å². The lowest BCUT2D eigenvalue weighted by atomic mass is 9.98. The number of piperidine rings is 1. The highest BCUT2D eigenvalue weighted by atomic mass is 79.9. The van der Waals surface area contributed by atoms with Gasteiger partial charge in [0, 0.05) is 17.1 Å². The fraction of sp³-hybridized carbons (Fsp3) is 0.529. The van der Waals surface area contributed by atoms with Crippen molar-refractivity contribution < 1.29 is 14.3 Å². The standard InChI is InChI=1S/C17H22BrN3O3/c1-24-17(23)15-4-2-3-9-21(15)16(22)14-10-13(19-20-14)11-5-7-12(18)8-6-11/h5-8,13-15,19-20H,2-4,9-10H2,1H3. The third-order valence-corrected chi connectivity index (χ3v) is 5.26. The first-order valence-corrected chi connectivity index (χ1v) is 9.04. The van der Waals surface area contributed by atoms with Crippen molar-refractivity contribution in [3.8, 4) is 0 Å². The van der Waals surface area contributed by atoms with Crippen LogP contribution in [0.1, 0.15) is 37.3 Å². The summed E-state index contributed by atoms with van der Waals surface area (Å²) >= 11 is 3.43. The predicted molar refractivity (Wildman–Crippen MR) is 92.9 cm³/mol. The smallest absolute Gasteiger partial charge is 0.328 e. The van der Waals surface area contributed by atoms with Crippen LogP contribution in [0.3, 0.4) is 0 Å². The second-order valence-electron chi connectivity index (χ2n) is 6.25. The van der Waals surface area contributed by atoms with Crippen LogP contribution >= 0.6 is 15.9 Å². The molecule has 0 aliphatic carbocycles. The Morgan fingerprint density at radius 2 is 1.96 bits per heavy atom. The van der Waals surface area contributed by atoms with Gasteiger partial charge in [-0.2, -0.15) is 0 Å². The van der Waals surface area contributed by atoms with Crippen molar-refractivity contribution >= 4 is 27.8 Å². The topological polar surface area (TPSA) is 70.7 Å². The van der Waals surface area contributed by atoms with E-state index in [4.69, 9.17) is 4.74 Å². The van der Waals surface area contributed by atoms with E-state index in [-0.39, 0.29) is 24.0 Å². The molecule has 2 heterocycles. The fourth-order valence-corrected chi connectivity index (χ4v) is 3.67. The molecule has 7 heteroatoms. The fourth-order valence-electron chi connectivity index (χ4n) is 3.41. The summed E-state index contributed by atoms with van der Waals surface area (Å²) in [6.45, 7) is 0.611. The Hall–Kier alpha value is -1.44. The molecule has 2 saturated heterocycles. The molecule has 2 aliphatic heterocycles. The van der Waals surface area contributed by atoms with Crippen molar-refractivity contribution in [2.45, 2.75) is 43.8 Å². The molecular weight excluding hydrogens is 374 g/mol. The van der Waals surface area contributed by atoms with E-state index < -0.39 is 6.04 Å². The molecule has 2 aliphatic rings. The molecule has 0 radical (unpaired) electrons. The zero-order valence-corrected chi connectivity index (χ0v) is 15.2. The van der Waals surface area contributed by atoms with Gasteiger partial charge in [-0.15, -0.1) is 0 Å². The lowest BCUT2D eigenvalue weighted by Gasteiger charge is -2.35. The van der Waals surface area contributed by atoms with Crippen molar-refractivity contribution in [3.63, 3.8) is 0 Å². The molecule has 1 amide bonds. The minimum atomic E-state index is -0.454. The number of ether oxygens (including phenoxy) is 1. The molecular formula is C17H22BrN3O3. The molecule has 2 fully saturated rings. The summed E-state index contributed by atoms with van der Waals surface area (Å²) in [5, 5.41) is 0. The molecule has 3 atom stereocenters. The maximum absolute atomic E-state index is 12.9. The first kappa shape index (κ1) is 17.4. The number of carbonyl (C=O) groups is 2. The summed E-state index contributed by atoms with van der Waals surface area (Å²) in [5.74, 6) is -0.351. The summed E-state index contributed by atoms with van der Waals surface area (Å²) in [7, 11) is 1.37. The van der Waals surface area contributed by atoms with Crippen molar-refractivity contribution in [2.75, 3.05) is 13.7 Å². The summed E-state index contributed by atoms with van der Waals surface area (Å²) in [6.07, 6.45) is 3.20. The summed E-state index contributed by atoms with van der Waals surface area (Å²) < 4.78 is 5.89. The van der Waals surface area contributed by atoms with Crippen LogP contribution in [0.4, 0.5) is 0 Å². The van der Waals surface area contributed by atoms with E-state index in [9.17, 15) is 9.59 Å². The number of nitrogens with zero attached hydrogens (tertiary/aromatic N) is 1. The molecule has 0 saturated carbocycles. The number of rotatable bonds is 3. The second kappa shape index (κ2) is 7.63. The Morgan fingerprint density at radius 1 is 1.21 bits per heavy atom. The van der Waals surface area contributed by atoms with E-state index in [2.05, 4.69) is 26.8 Å². The molecule has 24 heavy (non-hydrogen) atoms. The minimum Gasteiger partial charge on any atom is -0.467 e. The first-order valence-electron chi connectivity index (χ1n) is 8.25. The van der Waals surface area contributed by atoms with Gasteiger partial charge in [-0.3, -0.25) is 4.79 Å². The first-order chi connectivity index (χ1) is 11.6. The number of nitrogens with one attached hydrogen (secondary N) is 2. The third-order valence-electron chi connectivity index (χ3n) is 4.73. The van der Waals surface area contributed by atoms with Crippen LogP contribution in [0.25, 0.3) is 0 Å². The Labute approximate surface area is 150 Å². The highest BCUT2D eigenvalue weighted by Gasteiger charge is 2.39. The average Bonchev–Trinajstić information content (AvgIpc) is 3.11. The van der Waals surface area contributed by atoms with Crippen LogP contribution in [-0.4, -0.2) is 42.5 Å². The minimum absolute atomic E-state index is 0.0304. The van der Waals surface area contributed by atoms with Crippen molar-refractivity contribution in [2.24, 2.45) is 0 Å². The zero-order chi connectivity index (χ0) is 17.1. The third kappa shape index (κ3) is 3.63. The van der Waals surface area contributed by atoms with Gasteiger partial charge in [-0.25, -0.2) is 15.6 Å². The van der Waals surface area contributed by atoms with Gasteiger partial charge >= 0.3 is 5.97 Å². The monoisotopic (exact) mass is 395 g/mol. The van der Waals surface area contributed by atoms with E-state index in [1.54, 1.807) is 4.90 Å². The Kier molecular flexibility index (Phi) is 5.53. The van der Waals surface area contributed by atoms with Gasteiger partial charge in [0.25, 0.3) is 0 Å². The second-order valence-corrected chi connectivity index (χ2v) is 7.16. The van der Waals surface area contributed by atoms with Gasteiger partial charge in [0.2, 0.25) is 5.91 Å². The number of carbonyl (C=O) groups excluding carboxylic acids is 2. The Morgan fingerprint density at radius 3 is 2.67 bits per heavy atom. The maximum Gasteiger partial charge on any atom is 0.328 e. The maximum atomic E-state index is 12.9. The number of methoxy groups -OCH3 is 1. The number of benzene rings is 1. The van der Waals surface area contributed by atoms with E-state index >= 15 is 0 Å². The van der Waals surface area contributed by atoms with E-state index in [0.29, 0.717) is 19.4 Å². The number of amides is 1. The largest absolute Gasteiger partial charge is 0.467 e. The molecule has 2 N–H and O–H groups in total. The lowest BCUT2D eigenvalue weighted by molar-refractivity contribution is -0.155. The number of halogens is 1. The van der Waals surface area contributed by atoms with Crippen LogP contribution in [0.5, 0.6) is 0 Å². The SMILES string of the molecule is COC(=O)C1CCCCN1C(=O)C1CC(c2ccc(Br)cc2)NN1. The Balaban J connectivity index is 1.67. The number of hydrazine groups is 1. The number of hydrogen-bond acceptors (Lipinski definition) is 5.